The van der Waals surface area contributed by atoms with Crippen LogP contribution < -0.4 is 10.2 Å². The summed E-state index contributed by atoms with van der Waals surface area (Å²) in [7, 11) is 0. The number of unbranched alkanes of at least 4 members (excludes halogenated alkanes) is 1. The Kier molecular flexibility index (Phi) is 4.31. The van der Waals surface area contributed by atoms with Gasteiger partial charge in [0, 0.05) is 28.6 Å². The summed E-state index contributed by atoms with van der Waals surface area (Å²) >= 11 is 0. The quantitative estimate of drug-likeness (QED) is 0.506. The lowest BCUT2D eigenvalue weighted by atomic mass is 10.0. The summed E-state index contributed by atoms with van der Waals surface area (Å²) in [5, 5.41) is 15.0. The summed E-state index contributed by atoms with van der Waals surface area (Å²) in [4.78, 5) is 37.0. The van der Waals surface area contributed by atoms with Crippen molar-refractivity contribution in [2.45, 2.75) is 19.8 Å². The highest BCUT2D eigenvalue weighted by Crippen LogP contribution is 2.40. The molecule has 0 saturated carbocycles. The number of carbonyl (C=O) groups is 2. The third-order valence-corrected chi connectivity index (χ3v) is 4.76. The maximum Gasteiger partial charge on any atom is 0.433 e. The molecule has 0 spiro atoms. The highest BCUT2D eigenvalue weighted by Gasteiger charge is 2.30. The Morgan fingerprint density at radius 3 is 2.75 bits per heavy atom. The number of anilines is 2. The van der Waals surface area contributed by atoms with Crippen molar-refractivity contribution in [1.29, 1.82) is 0 Å². The van der Waals surface area contributed by atoms with Gasteiger partial charge >= 0.3 is 5.88 Å². The molecule has 1 N–H and O–H groups in total. The van der Waals surface area contributed by atoms with E-state index in [1.165, 1.54) is 6.07 Å². The summed E-state index contributed by atoms with van der Waals surface area (Å²) in [6, 6.07) is 11.3. The van der Waals surface area contributed by atoms with Crippen molar-refractivity contribution >= 4 is 39.8 Å². The number of nitrogens with one attached hydrogen (secondary N) is 1. The number of benzene rings is 2. The van der Waals surface area contributed by atoms with E-state index in [0.717, 1.165) is 35.4 Å². The molecule has 2 aromatic carbocycles. The third kappa shape index (κ3) is 2.79. The fourth-order valence-electron chi connectivity index (χ4n) is 3.43. The van der Waals surface area contributed by atoms with Crippen LogP contribution in [-0.2, 0) is 0 Å². The Morgan fingerprint density at radius 1 is 1.21 bits per heavy atom. The van der Waals surface area contributed by atoms with Crippen LogP contribution in [0.15, 0.2) is 46.9 Å². The molecule has 8 heteroatoms. The number of hydrogen-bond donors (Lipinski definition) is 1. The number of furan rings is 1. The number of nitro groups is 1. The molecular formula is C20H17N3O5. The molecular weight excluding hydrogens is 362 g/mol. The van der Waals surface area contributed by atoms with Gasteiger partial charge in [0.1, 0.15) is 4.92 Å². The van der Waals surface area contributed by atoms with Crippen LogP contribution in [0.3, 0.4) is 0 Å². The summed E-state index contributed by atoms with van der Waals surface area (Å²) < 4.78 is 4.96. The van der Waals surface area contributed by atoms with Crippen LogP contribution >= 0.6 is 0 Å². The number of amides is 2. The molecule has 1 aliphatic rings. The minimum Gasteiger partial charge on any atom is -0.395 e. The van der Waals surface area contributed by atoms with Crippen LogP contribution in [-0.4, -0.2) is 23.3 Å². The first-order valence-electron chi connectivity index (χ1n) is 8.94. The molecule has 0 radical (unpaired) electrons. The van der Waals surface area contributed by atoms with E-state index in [-0.39, 0.29) is 11.7 Å². The number of carbonyl (C=O) groups excluding carboxylic acids is 2. The van der Waals surface area contributed by atoms with Crippen molar-refractivity contribution < 1.29 is 18.9 Å². The van der Waals surface area contributed by atoms with Gasteiger partial charge in [-0.2, -0.15) is 0 Å². The Hall–Kier alpha value is -3.68. The number of rotatable bonds is 6. The molecule has 4 rings (SSSR count). The smallest absolute Gasteiger partial charge is 0.395 e. The molecule has 28 heavy (non-hydrogen) atoms. The van der Waals surface area contributed by atoms with Crippen LogP contribution in [0.5, 0.6) is 0 Å². The van der Waals surface area contributed by atoms with Crippen LogP contribution in [0.4, 0.5) is 17.3 Å². The first-order chi connectivity index (χ1) is 13.5. The van der Waals surface area contributed by atoms with E-state index in [1.54, 1.807) is 23.1 Å². The molecule has 2 heterocycles. The first-order valence-corrected chi connectivity index (χ1v) is 8.94. The van der Waals surface area contributed by atoms with Gasteiger partial charge in [-0.25, -0.2) is 0 Å². The van der Waals surface area contributed by atoms with Crippen molar-refractivity contribution in [3.05, 3.63) is 63.9 Å². The molecule has 3 aromatic rings. The Balaban J connectivity index is 1.70. The predicted molar refractivity (Wildman–Crippen MR) is 104 cm³/mol. The molecule has 0 saturated heterocycles. The van der Waals surface area contributed by atoms with E-state index < -0.39 is 16.7 Å². The molecule has 1 aromatic heterocycles. The highest BCUT2D eigenvalue weighted by molar-refractivity contribution is 6.27. The van der Waals surface area contributed by atoms with Crippen molar-refractivity contribution in [3.8, 4) is 0 Å². The van der Waals surface area contributed by atoms with Crippen LogP contribution in [0, 0.1) is 10.1 Å². The van der Waals surface area contributed by atoms with Gasteiger partial charge in [-0.1, -0.05) is 25.5 Å². The van der Waals surface area contributed by atoms with E-state index in [0.29, 0.717) is 17.8 Å². The average molecular weight is 379 g/mol. The lowest BCUT2D eigenvalue weighted by molar-refractivity contribution is -0.402. The van der Waals surface area contributed by atoms with Crippen LogP contribution in [0.25, 0.3) is 10.8 Å². The Bertz CT molecular complexity index is 1120. The third-order valence-electron chi connectivity index (χ3n) is 4.76. The zero-order chi connectivity index (χ0) is 19.8. The molecule has 142 valence electrons. The number of hydrogen-bond acceptors (Lipinski definition) is 5. The highest BCUT2D eigenvalue weighted by atomic mass is 16.6. The van der Waals surface area contributed by atoms with Crippen molar-refractivity contribution in [2.75, 3.05) is 16.8 Å². The second-order valence-corrected chi connectivity index (χ2v) is 6.52. The maximum absolute atomic E-state index is 12.8. The van der Waals surface area contributed by atoms with Gasteiger partial charge in [0.05, 0.1) is 11.8 Å². The molecule has 0 aliphatic carbocycles. The minimum absolute atomic E-state index is 0.0424. The lowest BCUT2D eigenvalue weighted by Crippen LogP contribution is -2.27. The van der Waals surface area contributed by atoms with Crippen molar-refractivity contribution in [3.63, 3.8) is 0 Å². The van der Waals surface area contributed by atoms with Gasteiger partial charge in [0.15, 0.2) is 5.76 Å². The average Bonchev–Trinajstić information content (AvgIpc) is 3.28. The molecule has 8 nitrogen and oxygen atoms in total. The molecule has 0 fully saturated rings. The minimum atomic E-state index is -0.702. The predicted octanol–water partition coefficient (Wildman–Crippen LogP) is 4.35. The standard InChI is InChI=1S/C20H17N3O5/c1-2-3-11-22-15-8-7-14(12-5-4-6-13(18(12)15)20(22)25)21-19(24)16-9-10-17(28-16)23(26)27/h4-10H,2-3,11H2,1H3,(H,21,24). The van der Waals surface area contributed by atoms with Crippen molar-refractivity contribution in [2.24, 2.45) is 0 Å². The van der Waals surface area contributed by atoms with Crippen LogP contribution in [0.2, 0.25) is 0 Å². The van der Waals surface area contributed by atoms with Crippen LogP contribution in [0.1, 0.15) is 40.7 Å². The second kappa shape index (κ2) is 6.80. The van der Waals surface area contributed by atoms with E-state index >= 15 is 0 Å². The van der Waals surface area contributed by atoms with Gasteiger partial charge in [-0.3, -0.25) is 19.7 Å². The molecule has 0 unspecified atom stereocenters. The Morgan fingerprint density at radius 2 is 2.04 bits per heavy atom. The first kappa shape index (κ1) is 17.7. The summed E-state index contributed by atoms with van der Waals surface area (Å²) in [6.07, 6.45) is 1.88. The van der Waals surface area contributed by atoms with E-state index in [1.807, 2.05) is 12.1 Å². The summed E-state index contributed by atoms with van der Waals surface area (Å²) in [5.41, 5.74) is 1.94. The van der Waals surface area contributed by atoms with Gasteiger partial charge in [-0.05, 0) is 30.7 Å². The van der Waals surface area contributed by atoms with Gasteiger partial charge in [-0.15, -0.1) is 0 Å². The van der Waals surface area contributed by atoms with Gasteiger partial charge in [0.2, 0.25) is 0 Å². The normalized spacial score (nSPS) is 12.6. The fraction of sp³-hybridized carbons (Fsp3) is 0.200. The van der Waals surface area contributed by atoms with Gasteiger partial charge in [0.25, 0.3) is 11.8 Å². The zero-order valence-electron chi connectivity index (χ0n) is 15.1. The SMILES string of the molecule is CCCCN1C(=O)c2cccc3c(NC(=O)c4ccc([N+](=O)[O-])o4)ccc1c23. The van der Waals surface area contributed by atoms with E-state index in [2.05, 4.69) is 12.2 Å². The molecule has 1 aliphatic heterocycles. The molecule has 0 bridgehead atoms. The lowest BCUT2D eigenvalue weighted by Gasteiger charge is -2.17. The maximum atomic E-state index is 12.8. The zero-order valence-corrected chi connectivity index (χ0v) is 15.1. The summed E-state index contributed by atoms with van der Waals surface area (Å²) in [6.45, 7) is 2.71. The topological polar surface area (TPSA) is 106 Å². The van der Waals surface area contributed by atoms with E-state index in [9.17, 15) is 19.7 Å². The molecule has 2 amide bonds. The largest absolute Gasteiger partial charge is 0.433 e. The fourth-order valence-corrected chi connectivity index (χ4v) is 3.43. The second-order valence-electron chi connectivity index (χ2n) is 6.52. The molecule has 0 atom stereocenters. The number of nitrogens with zero attached hydrogens (tertiary/aromatic N) is 2. The van der Waals surface area contributed by atoms with Gasteiger partial charge < -0.3 is 14.6 Å². The Labute approximate surface area is 159 Å². The van der Waals surface area contributed by atoms with E-state index in [4.69, 9.17) is 4.42 Å². The summed E-state index contributed by atoms with van der Waals surface area (Å²) in [5.74, 6) is -1.29. The van der Waals surface area contributed by atoms with Crippen molar-refractivity contribution in [1.82, 2.24) is 0 Å². The monoisotopic (exact) mass is 379 g/mol.